The van der Waals surface area contributed by atoms with Gasteiger partial charge in [-0.3, -0.25) is 4.79 Å². The number of benzene rings is 1. The van der Waals surface area contributed by atoms with Gasteiger partial charge in [0.1, 0.15) is 0 Å². The van der Waals surface area contributed by atoms with Crippen LogP contribution in [0.2, 0.25) is 0 Å². The number of fused-ring (bicyclic) bond motifs is 1. The maximum Gasteiger partial charge on any atom is 0.237 e. The Kier molecular flexibility index (Phi) is 5.01. The largest absolute Gasteiger partial charge is 0.388 e. The van der Waals surface area contributed by atoms with E-state index in [1.54, 1.807) is 6.92 Å². The van der Waals surface area contributed by atoms with E-state index < -0.39 is 5.60 Å². The highest BCUT2D eigenvalue weighted by Gasteiger charge is 2.27. The van der Waals surface area contributed by atoms with E-state index in [-0.39, 0.29) is 11.9 Å². The van der Waals surface area contributed by atoms with Crippen molar-refractivity contribution in [3.63, 3.8) is 0 Å². The third-order valence-electron chi connectivity index (χ3n) is 3.89. The maximum absolute atomic E-state index is 12.3. The Morgan fingerprint density at radius 2 is 2.10 bits per heavy atom. The van der Waals surface area contributed by atoms with Crippen molar-refractivity contribution in [1.29, 1.82) is 0 Å². The smallest absolute Gasteiger partial charge is 0.237 e. The molecule has 0 saturated heterocycles. The van der Waals surface area contributed by atoms with Crippen LogP contribution in [0.25, 0.3) is 0 Å². The zero-order valence-electron chi connectivity index (χ0n) is 13.1. The van der Waals surface area contributed by atoms with Crippen molar-refractivity contribution < 1.29 is 9.90 Å². The number of hydrogen-bond donors (Lipinski definition) is 3. The SMILES string of the molecule is CC(C)CC(C)(O)CNC(=O)[C@@H]1Cc2ccccc2CN1. The normalized spacial score (nSPS) is 20.7. The predicted molar refractivity (Wildman–Crippen MR) is 83.9 cm³/mol. The Hall–Kier alpha value is -1.39. The van der Waals surface area contributed by atoms with E-state index in [0.717, 1.165) is 6.54 Å². The first-order valence-corrected chi connectivity index (χ1v) is 7.67. The summed E-state index contributed by atoms with van der Waals surface area (Å²) in [6, 6.07) is 7.97. The molecule has 1 amide bonds. The number of hydrogen-bond acceptors (Lipinski definition) is 3. The Morgan fingerprint density at radius 1 is 1.43 bits per heavy atom. The lowest BCUT2D eigenvalue weighted by Gasteiger charge is -2.29. The van der Waals surface area contributed by atoms with Gasteiger partial charge in [-0.05, 0) is 36.8 Å². The zero-order chi connectivity index (χ0) is 15.5. The highest BCUT2D eigenvalue weighted by molar-refractivity contribution is 5.82. The van der Waals surface area contributed by atoms with Crippen LogP contribution in [0.15, 0.2) is 24.3 Å². The van der Waals surface area contributed by atoms with E-state index in [0.29, 0.717) is 25.3 Å². The quantitative estimate of drug-likeness (QED) is 0.772. The lowest BCUT2D eigenvalue weighted by atomic mass is 9.93. The van der Waals surface area contributed by atoms with Crippen LogP contribution in [-0.2, 0) is 17.8 Å². The van der Waals surface area contributed by atoms with Gasteiger partial charge in [-0.2, -0.15) is 0 Å². The topological polar surface area (TPSA) is 61.4 Å². The van der Waals surface area contributed by atoms with Crippen LogP contribution in [0.5, 0.6) is 0 Å². The monoisotopic (exact) mass is 290 g/mol. The van der Waals surface area contributed by atoms with Crippen molar-refractivity contribution in [2.75, 3.05) is 6.54 Å². The molecule has 4 nitrogen and oxygen atoms in total. The molecule has 116 valence electrons. The summed E-state index contributed by atoms with van der Waals surface area (Å²) in [6.07, 6.45) is 1.38. The lowest BCUT2D eigenvalue weighted by molar-refractivity contribution is -0.124. The van der Waals surface area contributed by atoms with Crippen molar-refractivity contribution in [1.82, 2.24) is 10.6 Å². The standard InChI is InChI=1S/C17H26N2O2/c1-12(2)9-17(3,21)11-19-16(20)15-8-13-6-4-5-7-14(13)10-18-15/h4-7,12,15,18,21H,8-11H2,1-3H3,(H,19,20)/t15-,17?/m0/s1. The number of rotatable bonds is 5. The van der Waals surface area contributed by atoms with Gasteiger partial charge in [0.05, 0.1) is 11.6 Å². The number of nitrogens with one attached hydrogen (secondary N) is 2. The predicted octanol–water partition coefficient (Wildman–Crippen LogP) is 1.61. The van der Waals surface area contributed by atoms with Crippen molar-refractivity contribution in [2.24, 2.45) is 5.92 Å². The van der Waals surface area contributed by atoms with Gasteiger partial charge in [-0.15, -0.1) is 0 Å². The van der Waals surface area contributed by atoms with Crippen LogP contribution in [-0.4, -0.2) is 29.2 Å². The minimum absolute atomic E-state index is 0.0338. The van der Waals surface area contributed by atoms with Crippen molar-refractivity contribution in [3.8, 4) is 0 Å². The summed E-state index contributed by atoms with van der Waals surface area (Å²) < 4.78 is 0. The molecule has 1 aliphatic heterocycles. The number of carbonyl (C=O) groups excluding carboxylic acids is 1. The summed E-state index contributed by atoms with van der Waals surface area (Å²) in [7, 11) is 0. The molecule has 0 aliphatic carbocycles. The number of amides is 1. The van der Waals surface area contributed by atoms with E-state index in [9.17, 15) is 9.90 Å². The van der Waals surface area contributed by atoms with E-state index in [2.05, 4.69) is 36.6 Å². The third kappa shape index (κ3) is 4.55. The van der Waals surface area contributed by atoms with Gasteiger partial charge >= 0.3 is 0 Å². The first-order chi connectivity index (χ1) is 9.87. The Morgan fingerprint density at radius 3 is 2.76 bits per heavy atom. The molecule has 2 atom stereocenters. The van der Waals surface area contributed by atoms with Crippen LogP contribution < -0.4 is 10.6 Å². The van der Waals surface area contributed by atoms with Gasteiger partial charge in [0, 0.05) is 13.1 Å². The highest BCUT2D eigenvalue weighted by atomic mass is 16.3. The summed E-state index contributed by atoms with van der Waals surface area (Å²) in [5.74, 6) is 0.366. The molecule has 1 heterocycles. The second kappa shape index (κ2) is 6.58. The van der Waals surface area contributed by atoms with Gasteiger partial charge in [-0.25, -0.2) is 0 Å². The Balaban J connectivity index is 1.88. The van der Waals surface area contributed by atoms with E-state index >= 15 is 0 Å². The van der Waals surface area contributed by atoms with Crippen LogP contribution >= 0.6 is 0 Å². The van der Waals surface area contributed by atoms with Crippen molar-refractivity contribution >= 4 is 5.91 Å². The first kappa shape index (κ1) is 16.0. The number of aliphatic hydroxyl groups is 1. The molecule has 1 unspecified atom stereocenters. The van der Waals surface area contributed by atoms with Crippen LogP contribution in [0, 0.1) is 5.92 Å². The minimum Gasteiger partial charge on any atom is -0.388 e. The molecular formula is C17H26N2O2. The fourth-order valence-electron chi connectivity index (χ4n) is 2.99. The van der Waals surface area contributed by atoms with E-state index in [1.807, 2.05) is 12.1 Å². The fourth-order valence-corrected chi connectivity index (χ4v) is 2.99. The van der Waals surface area contributed by atoms with Gasteiger partial charge in [0.15, 0.2) is 0 Å². The van der Waals surface area contributed by atoms with Gasteiger partial charge in [-0.1, -0.05) is 38.1 Å². The summed E-state index contributed by atoms with van der Waals surface area (Å²) in [5.41, 5.74) is 1.63. The molecule has 4 heteroatoms. The summed E-state index contributed by atoms with van der Waals surface area (Å²) in [6.45, 7) is 6.92. The lowest BCUT2D eigenvalue weighted by Crippen LogP contribution is -2.51. The summed E-state index contributed by atoms with van der Waals surface area (Å²) >= 11 is 0. The second-order valence-corrected chi connectivity index (χ2v) is 6.72. The molecule has 21 heavy (non-hydrogen) atoms. The molecule has 0 aromatic heterocycles. The second-order valence-electron chi connectivity index (χ2n) is 6.72. The molecule has 0 fully saturated rings. The summed E-state index contributed by atoms with van der Waals surface area (Å²) in [4.78, 5) is 12.3. The first-order valence-electron chi connectivity index (χ1n) is 7.67. The molecule has 1 aliphatic rings. The third-order valence-corrected chi connectivity index (χ3v) is 3.89. The summed E-state index contributed by atoms with van der Waals surface area (Å²) in [5, 5.41) is 16.4. The maximum atomic E-state index is 12.3. The van der Waals surface area contributed by atoms with Crippen LogP contribution in [0.3, 0.4) is 0 Å². The van der Waals surface area contributed by atoms with Gasteiger partial charge < -0.3 is 15.7 Å². The van der Waals surface area contributed by atoms with Gasteiger partial charge in [0.2, 0.25) is 5.91 Å². The average molecular weight is 290 g/mol. The zero-order valence-corrected chi connectivity index (χ0v) is 13.1. The molecule has 0 spiro atoms. The molecule has 1 aromatic rings. The van der Waals surface area contributed by atoms with Crippen LogP contribution in [0.1, 0.15) is 38.3 Å². The molecular weight excluding hydrogens is 264 g/mol. The van der Waals surface area contributed by atoms with Gasteiger partial charge in [0.25, 0.3) is 0 Å². The molecule has 1 aromatic carbocycles. The van der Waals surface area contributed by atoms with E-state index in [4.69, 9.17) is 0 Å². The molecule has 3 N–H and O–H groups in total. The Labute approximate surface area is 126 Å². The molecule has 0 saturated carbocycles. The van der Waals surface area contributed by atoms with Crippen LogP contribution in [0.4, 0.5) is 0 Å². The Bertz CT molecular complexity index is 497. The average Bonchev–Trinajstić information content (AvgIpc) is 2.43. The number of carbonyl (C=O) groups is 1. The fraction of sp³-hybridized carbons (Fsp3) is 0.588. The van der Waals surface area contributed by atoms with Crippen molar-refractivity contribution in [3.05, 3.63) is 35.4 Å². The molecule has 0 bridgehead atoms. The van der Waals surface area contributed by atoms with E-state index in [1.165, 1.54) is 11.1 Å². The minimum atomic E-state index is -0.851. The highest BCUT2D eigenvalue weighted by Crippen LogP contribution is 2.17. The molecule has 0 radical (unpaired) electrons. The van der Waals surface area contributed by atoms with Crippen molar-refractivity contribution in [2.45, 2.75) is 51.8 Å². The molecule has 2 rings (SSSR count).